The molecule has 1 saturated heterocycles. The van der Waals surface area contributed by atoms with Gasteiger partial charge in [0.1, 0.15) is 0 Å². The van der Waals surface area contributed by atoms with Crippen molar-refractivity contribution in [2.75, 3.05) is 24.5 Å². The van der Waals surface area contributed by atoms with Crippen molar-refractivity contribution in [2.24, 2.45) is 0 Å². The second kappa shape index (κ2) is 7.56. The molecule has 1 aliphatic heterocycles. The molecule has 4 nitrogen and oxygen atoms in total. The van der Waals surface area contributed by atoms with Crippen molar-refractivity contribution in [3.63, 3.8) is 0 Å². The zero-order valence-corrected chi connectivity index (χ0v) is 11.8. The fourth-order valence-corrected chi connectivity index (χ4v) is 1.75. The van der Waals surface area contributed by atoms with Crippen LogP contribution in [0, 0.1) is 0 Å². The number of nitrogens with zero attached hydrogens (tertiary/aromatic N) is 1. The lowest BCUT2D eigenvalue weighted by Crippen LogP contribution is -2.48. The molecule has 1 heterocycles. The molecule has 0 saturated carbocycles. The first-order valence-corrected chi connectivity index (χ1v) is 5.33. The van der Waals surface area contributed by atoms with Crippen molar-refractivity contribution in [3.8, 4) is 5.75 Å². The molecule has 0 radical (unpaired) electrons. The van der Waals surface area contributed by atoms with E-state index in [0.29, 0.717) is 13.1 Å². The molecule has 1 aromatic carbocycles. The van der Waals surface area contributed by atoms with Gasteiger partial charge >= 0.3 is 6.36 Å². The molecule has 0 spiro atoms. The summed E-state index contributed by atoms with van der Waals surface area (Å²) >= 11 is 0. The van der Waals surface area contributed by atoms with Crippen LogP contribution in [0.15, 0.2) is 24.3 Å². The van der Waals surface area contributed by atoms with Gasteiger partial charge in [-0.1, -0.05) is 12.1 Å². The molecule has 1 aliphatic rings. The minimum absolute atomic E-state index is 0. The van der Waals surface area contributed by atoms with E-state index < -0.39 is 6.36 Å². The molecule has 114 valence electrons. The molecule has 0 aromatic heterocycles. The molecule has 1 amide bonds. The number of benzene rings is 1. The molecule has 1 fully saturated rings. The molecular formula is C11H13Cl2F3N2O2. The molecular weight excluding hydrogens is 320 g/mol. The van der Waals surface area contributed by atoms with Crippen molar-refractivity contribution in [3.05, 3.63) is 24.3 Å². The van der Waals surface area contributed by atoms with Gasteiger partial charge in [-0.3, -0.25) is 4.79 Å². The van der Waals surface area contributed by atoms with Crippen LogP contribution in [0.4, 0.5) is 18.9 Å². The summed E-state index contributed by atoms with van der Waals surface area (Å²) in [5.74, 6) is -0.639. The second-order valence-corrected chi connectivity index (χ2v) is 3.74. The highest BCUT2D eigenvalue weighted by molar-refractivity contribution is 5.96. The highest BCUT2D eigenvalue weighted by atomic mass is 35.5. The van der Waals surface area contributed by atoms with Crippen molar-refractivity contribution in [2.45, 2.75) is 6.36 Å². The average molecular weight is 333 g/mol. The Morgan fingerprint density at radius 2 is 1.85 bits per heavy atom. The van der Waals surface area contributed by atoms with Gasteiger partial charge in [0.2, 0.25) is 5.91 Å². The summed E-state index contributed by atoms with van der Waals surface area (Å²) in [4.78, 5) is 12.9. The third-order valence-electron chi connectivity index (χ3n) is 2.47. The Morgan fingerprint density at radius 1 is 1.20 bits per heavy atom. The van der Waals surface area contributed by atoms with E-state index in [2.05, 4.69) is 10.1 Å². The average Bonchev–Trinajstić information content (AvgIpc) is 2.29. The summed E-state index contributed by atoms with van der Waals surface area (Å²) in [6, 6.07) is 5.62. The largest absolute Gasteiger partial charge is 0.573 e. The molecule has 0 atom stereocenters. The minimum atomic E-state index is -4.77. The van der Waals surface area contributed by atoms with Gasteiger partial charge in [-0.05, 0) is 12.1 Å². The van der Waals surface area contributed by atoms with E-state index in [1.54, 1.807) is 6.07 Å². The lowest BCUT2D eigenvalue weighted by Gasteiger charge is -2.28. The molecule has 9 heteroatoms. The number of hydrogen-bond donors (Lipinski definition) is 1. The molecule has 0 aliphatic carbocycles. The molecule has 0 unspecified atom stereocenters. The van der Waals surface area contributed by atoms with Gasteiger partial charge in [-0.2, -0.15) is 0 Å². The summed E-state index contributed by atoms with van der Waals surface area (Å²) in [6.45, 7) is 0.962. The standard InChI is InChI=1S/C11H11F3N2O2.2ClH/c12-11(13,14)18-9-4-2-1-3-8(9)16-6-5-15-7-10(16)17;;/h1-4,15H,5-7H2;2*1H. The number of ether oxygens (including phenoxy) is 1. The van der Waals surface area contributed by atoms with Crippen LogP contribution in [0.2, 0.25) is 0 Å². The quantitative estimate of drug-likeness (QED) is 0.904. The molecule has 1 aromatic rings. The normalized spacial score (nSPS) is 15.2. The maximum Gasteiger partial charge on any atom is 0.573 e. The van der Waals surface area contributed by atoms with Gasteiger partial charge in [0.25, 0.3) is 0 Å². The maximum absolute atomic E-state index is 12.2. The number of anilines is 1. The van der Waals surface area contributed by atoms with E-state index in [0.717, 1.165) is 0 Å². The first-order valence-electron chi connectivity index (χ1n) is 5.33. The van der Waals surface area contributed by atoms with E-state index in [4.69, 9.17) is 0 Å². The summed E-state index contributed by atoms with van der Waals surface area (Å²) in [6.07, 6.45) is -4.77. The molecule has 2 rings (SSSR count). The van der Waals surface area contributed by atoms with E-state index >= 15 is 0 Å². The summed E-state index contributed by atoms with van der Waals surface area (Å²) in [5, 5.41) is 2.85. The first-order chi connectivity index (χ1) is 8.47. The van der Waals surface area contributed by atoms with Crippen molar-refractivity contribution < 1.29 is 22.7 Å². The molecule has 20 heavy (non-hydrogen) atoms. The Hall–Kier alpha value is -1.18. The third-order valence-corrected chi connectivity index (χ3v) is 2.47. The van der Waals surface area contributed by atoms with Crippen molar-refractivity contribution in [1.82, 2.24) is 5.32 Å². The summed E-state index contributed by atoms with van der Waals surface area (Å²) in [7, 11) is 0. The highest BCUT2D eigenvalue weighted by Crippen LogP contribution is 2.32. The van der Waals surface area contributed by atoms with Gasteiger partial charge in [-0.15, -0.1) is 38.0 Å². The number of amides is 1. The number of piperazine rings is 1. The number of para-hydroxylation sites is 2. The van der Waals surface area contributed by atoms with Crippen LogP contribution < -0.4 is 15.0 Å². The van der Waals surface area contributed by atoms with Crippen LogP contribution in [0.25, 0.3) is 0 Å². The van der Waals surface area contributed by atoms with Gasteiger partial charge in [0, 0.05) is 13.1 Å². The number of halogens is 5. The maximum atomic E-state index is 12.2. The van der Waals surface area contributed by atoms with Crippen LogP contribution in [0.3, 0.4) is 0 Å². The summed E-state index contributed by atoms with van der Waals surface area (Å²) in [5.41, 5.74) is 0.140. The Labute approximate surface area is 126 Å². The number of rotatable bonds is 2. The highest BCUT2D eigenvalue weighted by Gasteiger charge is 2.33. The lowest BCUT2D eigenvalue weighted by atomic mass is 10.2. The Balaban J connectivity index is 0.00000180. The van der Waals surface area contributed by atoms with Gasteiger partial charge in [0.05, 0.1) is 12.2 Å². The smallest absolute Gasteiger partial charge is 0.404 e. The zero-order chi connectivity index (χ0) is 13.2. The van der Waals surface area contributed by atoms with Crippen LogP contribution in [-0.4, -0.2) is 31.9 Å². The van der Waals surface area contributed by atoms with E-state index in [9.17, 15) is 18.0 Å². The Bertz CT molecular complexity index is 458. The number of hydrogen-bond acceptors (Lipinski definition) is 3. The topological polar surface area (TPSA) is 41.6 Å². The minimum Gasteiger partial charge on any atom is -0.404 e. The van der Waals surface area contributed by atoms with Crippen LogP contribution in [0.5, 0.6) is 5.75 Å². The monoisotopic (exact) mass is 332 g/mol. The first kappa shape index (κ1) is 18.8. The number of carbonyl (C=O) groups is 1. The Morgan fingerprint density at radius 3 is 2.45 bits per heavy atom. The fourth-order valence-electron chi connectivity index (χ4n) is 1.75. The molecule has 0 bridgehead atoms. The summed E-state index contributed by atoms with van der Waals surface area (Å²) < 4.78 is 40.7. The number of alkyl halides is 3. The van der Waals surface area contributed by atoms with Crippen molar-refractivity contribution in [1.29, 1.82) is 0 Å². The predicted molar refractivity (Wildman–Crippen MR) is 72.8 cm³/mol. The number of nitrogens with one attached hydrogen (secondary N) is 1. The van der Waals surface area contributed by atoms with E-state index in [-0.39, 0.29) is 48.7 Å². The van der Waals surface area contributed by atoms with Crippen molar-refractivity contribution >= 4 is 36.4 Å². The number of carbonyl (C=O) groups excluding carboxylic acids is 1. The SMILES string of the molecule is Cl.Cl.O=C1CNCCN1c1ccccc1OC(F)(F)F. The zero-order valence-electron chi connectivity index (χ0n) is 10.1. The van der Waals surface area contributed by atoms with Crippen LogP contribution >= 0.6 is 24.8 Å². The Kier molecular flexibility index (Phi) is 7.12. The fraction of sp³-hybridized carbons (Fsp3) is 0.364. The predicted octanol–water partition coefficient (Wildman–Crippen LogP) is 2.37. The molecule has 1 N–H and O–H groups in total. The van der Waals surface area contributed by atoms with Crippen LogP contribution in [-0.2, 0) is 4.79 Å². The van der Waals surface area contributed by atoms with Gasteiger partial charge in [0.15, 0.2) is 5.75 Å². The van der Waals surface area contributed by atoms with Gasteiger partial charge < -0.3 is 15.0 Å². The third kappa shape index (κ3) is 4.73. The van der Waals surface area contributed by atoms with Crippen LogP contribution in [0.1, 0.15) is 0 Å². The van der Waals surface area contributed by atoms with E-state index in [1.807, 2.05) is 0 Å². The van der Waals surface area contributed by atoms with Gasteiger partial charge in [-0.25, -0.2) is 0 Å². The van der Waals surface area contributed by atoms with E-state index in [1.165, 1.54) is 23.1 Å². The lowest BCUT2D eigenvalue weighted by molar-refractivity contribution is -0.274. The second-order valence-electron chi connectivity index (χ2n) is 3.74.